The van der Waals surface area contributed by atoms with Crippen LogP contribution in [0.3, 0.4) is 0 Å². The number of likely N-dealkylation sites (N-methyl/N-ethyl adjacent to an activating group) is 1. The van der Waals surface area contributed by atoms with Gasteiger partial charge in [-0.25, -0.2) is 0 Å². The molecular formula is C17H38N2O. The summed E-state index contributed by atoms with van der Waals surface area (Å²) < 4.78 is 5.10. The van der Waals surface area contributed by atoms with Crippen molar-refractivity contribution in [1.29, 1.82) is 0 Å². The van der Waals surface area contributed by atoms with E-state index in [4.69, 9.17) is 4.74 Å². The summed E-state index contributed by atoms with van der Waals surface area (Å²) in [4.78, 5) is 4.90. The second kappa shape index (κ2) is 15.3. The molecule has 122 valence electrons. The summed E-state index contributed by atoms with van der Waals surface area (Å²) in [6.45, 7) is 14.8. The lowest BCUT2D eigenvalue weighted by atomic mass is 10.2. The van der Waals surface area contributed by atoms with E-state index in [2.05, 4.69) is 37.6 Å². The van der Waals surface area contributed by atoms with Gasteiger partial charge in [-0.05, 0) is 45.9 Å². The molecule has 0 amide bonds. The second-order valence-corrected chi connectivity index (χ2v) is 5.82. The first-order chi connectivity index (χ1) is 9.74. The van der Waals surface area contributed by atoms with Crippen molar-refractivity contribution in [2.24, 2.45) is 0 Å². The van der Waals surface area contributed by atoms with Gasteiger partial charge in [-0.2, -0.15) is 0 Å². The average molecular weight is 287 g/mol. The number of morpholine rings is 1. The van der Waals surface area contributed by atoms with E-state index < -0.39 is 0 Å². The Morgan fingerprint density at radius 3 is 1.45 bits per heavy atom. The van der Waals surface area contributed by atoms with E-state index in [-0.39, 0.29) is 0 Å². The van der Waals surface area contributed by atoms with Crippen molar-refractivity contribution in [3.05, 3.63) is 0 Å². The van der Waals surface area contributed by atoms with Gasteiger partial charge in [0.05, 0.1) is 13.2 Å². The fraction of sp³-hybridized carbons (Fsp3) is 1.00. The standard InChI is InChI=1S/C12H27N.C5H11NO/c1-4-7-10-13(11-8-5-2)12-9-6-3;1-6-2-4-7-5-3-6/h4-12H2,1-3H3;2-5H2,1H3. The van der Waals surface area contributed by atoms with Gasteiger partial charge in [0.15, 0.2) is 0 Å². The first-order valence-electron chi connectivity index (χ1n) is 8.73. The van der Waals surface area contributed by atoms with Crippen LogP contribution in [0.1, 0.15) is 59.3 Å². The van der Waals surface area contributed by atoms with Gasteiger partial charge in [-0.15, -0.1) is 0 Å². The van der Waals surface area contributed by atoms with Crippen molar-refractivity contribution in [2.75, 3.05) is 53.0 Å². The highest BCUT2D eigenvalue weighted by molar-refractivity contribution is 4.57. The maximum atomic E-state index is 5.10. The molecule has 0 atom stereocenters. The summed E-state index contributed by atoms with van der Waals surface area (Å²) in [6.07, 6.45) is 8.09. The van der Waals surface area contributed by atoms with Crippen molar-refractivity contribution in [3.63, 3.8) is 0 Å². The molecule has 0 aliphatic carbocycles. The quantitative estimate of drug-likeness (QED) is 0.643. The Morgan fingerprint density at radius 2 is 1.20 bits per heavy atom. The van der Waals surface area contributed by atoms with Gasteiger partial charge in [0.2, 0.25) is 0 Å². The number of hydrogen-bond donors (Lipinski definition) is 0. The lowest BCUT2D eigenvalue weighted by molar-refractivity contribution is 0.0503. The SMILES string of the molecule is CCCCN(CCCC)CCCC.CN1CCOCC1. The molecule has 0 aromatic carbocycles. The highest BCUT2D eigenvalue weighted by Gasteiger charge is 2.02. The van der Waals surface area contributed by atoms with Gasteiger partial charge >= 0.3 is 0 Å². The van der Waals surface area contributed by atoms with E-state index in [0.717, 1.165) is 26.3 Å². The molecule has 1 aliphatic heterocycles. The van der Waals surface area contributed by atoms with E-state index in [0.29, 0.717) is 0 Å². The summed E-state index contributed by atoms with van der Waals surface area (Å²) in [6, 6.07) is 0. The monoisotopic (exact) mass is 286 g/mol. The van der Waals surface area contributed by atoms with Gasteiger partial charge in [0.25, 0.3) is 0 Å². The number of unbranched alkanes of at least 4 members (excludes halogenated alkanes) is 3. The van der Waals surface area contributed by atoms with E-state index in [9.17, 15) is 0 Å². The number of nitrogens with zero attached hydrogens (tertiary/aromatic N) is 2. The molecule has 0 aromatic rings. The predicted molar refractivity (Wildman–Crippen MR) is 89.5 cm³/mol. The van der Waals surface area contributed by atoms with Gasteiger partial charge in [0.1, 0.15) is 0 Å². The van der Waals surface area contributed by atoms with Crippen LogP contribution < -0.4 is 0 Å². The van der Waals surface area contributed by atoms with Crippen LogP contribution >= 0.6 is 0 Å². The summed E-state index contributed by atoms with van der Waals surface area (Å²) >= 11 is 0. The van der Waals surface area contributed by atoms with Gasteiger partial charge in [-0.3, -0.25) is 0 Å². The van der Waals surface area contributed by atoms with Crippen LogP contribution in [-0.2, 0) is 4.74 Å². The molecule has 0 aromatic heterocycles. The third kappa shape index (κ3) is 12.9. The summed E-state index contributed by atoms with van der Waals surface area (Å²) in [7, 11) is 2.11. The Bertz CT molecular complexity index is 163. The molecule has 0 N–H and O–H groups in total. The Hall–Kier alpha value is -0.120. The Kier molecular flexibility index (Phi) is 15.2. The van der Waals surface area contributed by atoms with Crippen molar-refractivity contribution in [1.82, 2.24) is 9.80 Å². The topological polar surface area (TPSA) is 15.7 Å². The first kappa shape index (κ1) is 19.9. The second-order valence-electron chi connectivity index (χ2n) is 5.82. The highest BCUT2D eigenvalue weighted by atomic mass is 16.5. The fourth-order valence-corrected chi connectivity index (χ4v) is 2.14. The molecule has 1 saturated heterocycles. The third-order valence-corrected chi connectivity index (χ3v) is 3.72. The minimum Gasteiger partial charge on any atom is -0.379 e. The number of ether oxygens (including phenoxy) is 1. The molecule has 3 nitrogen and oxygen atoms in total. The van der Waals surface area contributed by atoms with Crippen LogP contribution in [0.25, 0.3) is 0 Å². The number of rotatable bonds is 9. The molecule has 20 heavy (non-hydrogen) atoms. The largest absolute Gasteiger partial charge is 0.379 e. The van der Waals surface area contributed by atoms with E-state index in [1.54, 1.807) is 0 Å². The molecule has 1 fully saturated rings. The number of hydrogen-bond acceptors (Lipinski definition) is 3. The van der Waals surface area contributed by atoms with Crippen LogP contribution in [0.2, 0.25) is 0 Å². The average Bonchev–Trinajstić information content (AvgIpc) is 2.48. The fourth-order valence-electron chi connectivity index (χ4n) is 2.14. The summed E-state index contributed by atoms with van der Waals surface area (Å²) in [5.41, 5.74) is 0. The van der Waals surface area contributed by atoms with E-state index in [1.165, 1.54) is 58.2 Å². The third-order valence-electron chi connectivity index (χ3n) is 3.72. The molecular weight excluding hydrogens is 248 g/mol. The molecule has 0 saturated carbocycles. The molecule has 3 heteroatoms. The maximum absolute atomic E-state index is 5.10. The molecule has 0 spiro atoms. The summed E-state index contributed by atoms with van der Waals surface area (Å²) in [5.74, 6) is 0. The predicted octanol–water partition coefficient (Wildman–Crippen LogP) is 3.64. The Labute approximate surface area is 127 Å². The normalized spacial score (nSPS) is 16.1. The Morgan fingerprint density at radius 1 is 0.800 bits per heavy atom. The van der Waals surface area contributed by atoms with Crippen LogP contribution in [0.4, 0.5) is 0 Å². The highest BCUT2D eigenvalue weighted by Crippen LogP contribution is 2.01. The lowest BCUT2D eigenvalue weighted by Gasteiger charge is -2.21. The minimum absolute atomic E-state index is 0.913. The van der Waals surface area contributed by atoms with E-state index in [1.807, 2.05) is 0 Å². The van der Waals surface area contributed by atoms with Gasteiger partial charge in [0, 0.05) is 13.1 Å². The molecule has 0 unspecified atom stereocenters. The zero-order valence-corrected chi connectivity index (χ0v) is 14.5. The van der Waals surface area contributed by atoms with Gasteiger partial charge < -0.3 is 14.5 Å². The molecule has 1 heterocycles. The van der Waals surface area contributed by atoms with Crippen molar-refractivity contribution in [2.45, 2.75) is 59.3 Å². The van der Waals surface area contributed by atoms with Crippen LogP contribution in [0.15, 0.2) is 0 Å². The zero-order chi connectivity index (χ0) is 15.1. The molecule has 1 aliphatic rings. The van der Waals surface area contributed by atoms with Crippen molar-refractivity contribution >= 4 is 0 Å². The van der Waals surface area contributed by atoms with Crippen molar-refractivity contribution < 1.29 is 4.74 Å². The molecule has 0 radical (unpaired) electrons. The lowest BCUT2D eigenvalue weighted by Crippen LogP contribution is -2.32. The maximum Gasteiger partial charge on any atom is 0.0594 e. The molecule has 0 bridgehead atoms. The van der Waals surface area contributed by atoms with Crippen molar-refractivity contribution in [3.8, 4) is 0 Å². The van der Waals surface area contributed by atoms with Crippen LogP contribution in [-0.4, -0.2) is 62.8 Å². The first-order valence-corrected chi connectivity index (χ1v) is 8.73. The van der Waals surface area contributed by atoms with E-state index >= 15 is 0 Å². The molecule has 1 rings (SSSR count). The smallest absolute Gasteiger partial charge is 0.0594 e. The zero-order valence-electron chi connectivity index (χ0n) is 14.5. The van der Waals surface area contributed by atoms with Crippen LogP contribution in [0.5, 0.6) is 0 Å². The van der Waals surface area contributed by atoms with Crippen LogP contribution in [0, 0.1) is 0 Å². The van der Waals surface area contributed by atoms with Gasteiger partial charge in [-0.1, -0.05) is 40.0 Å². The summed E-state index contributed by atoms with van der Waals surface area (Å²) in [5, 5.41) is 0. The Balaban J connectivity index is 0.000000428. The minimum atomic E-state index is 0.913.